The molecule has 0 saturated carbocycles. The van der Waals surface area contributed by atoms with E-state index in [-0.39, 0.29) is 0 Å². The minimum atomic E-state index is -0.918. The summed E-state index contributed by atoms with van der Waals surface area (Å²) in [4.78, 5) is 9.88. The third-order valence-corrected chi connectivity index (χ3v) is 5.56. The average molecular weight is 350 g/mol. The molecule has 0 bridgehead atoms. The predicted octanol–water partition coefficient (Wildman–Crippen LogP) is 2.66. The van der Waals surface area contributed by atoms with Crippen LogP contribution in [-0.2, 0) is 10.8 Å². The van der Waals surface area contributed by atoms with Gasteiger partial charge in [0.2, 0.25) is 0 Å². The number of benzene rings is 1. The second kappa shape index (κ2) is 7.90. The van der Waals surface area contributed by atoms with Gasteiger partial charge in [0.25, 0.3) is 0 Å². The highest BCUT2D eigenvalue weighted by atomic mass is 35.5. The quantitative estimate of drug-likeness (QED) is 0.778. The molecule has 3 rings (SSSR count). The Bertz CT molecular complexity index is 660. The number of hydrogen-bond acceptors (Lipinski definition) is 4. The van der Waals surface area contributed by atoms with E-state index in [4.69, 9.17) is 11.6 Å². The van der Waals surface area contributed by atoms with Crippen molar-refractivity contribution in [2.24, 2.45) is 0 Å². The maximum Gasteiger partial charge on any atom is 0.131 e. The van der Waals surface area contributed by atoms with E-state index >= 15 is 0 Å². The Labute approximate surface area is 144 Å². The van der Waals surface area contributed by atoms with Crippen molar-refractivity contribution < 1.29 is 4.21 Å². The van der Waals surface area contributed by atoms with Gasteiger partial charge >= 0.3 is 0 Å². The fourth-order valence-electron chi connectivity index (χ4n) is 2.68. The fraction of sp³-hybridized carbons (Fsp3) is 0.353. The first-order chi connectivity index (χ1) is 11.2. The molecule has 0 spiro atoms. The lowest BCUT2D eigenvalue weighted by Crippen LogP contribution is -2.47. The van der Waals surface area contributed by atoms with E-state index in [0.717, 1.165) is 43.4 Å². The number of nitrogens with zero attached hydrogens (tertiary/aromatic N) is 3. The molecule has 4 nitrogen and oxygen atoms in total. The van der Waals surface area contributed by atoms with E-state index in [0.29, 0.717) is 10.9 Å². The molecule has 1 aliphatic rings. The molecule has 2 heterocycles. The van der Waals surface area contributed by atoms with Gasteiger partial charge in [-0.2, -0.15) is 0 Å². The third-order valence-electron chi connectivity index (χ3n) is 4.00. The first-order valence-electron chi connectivity index (χ1n) is 7.76. The first-order valence-corrected chi connectivity index (χ1v) is 9.45. The Hall–Kier alpha value is -1.43. The zero-order valence-electron chi connectivity index (χ0n) is 12.9. The van der Waals surface area contributed by atoms with Gasteiger partial charge in [0.1, 0.15) is 11.0 Å². The van der Waals surface area contributed by atoms with Gasteiger partial charge in [0.05, 0.1) is 10.8 Å². The molecule has 1 atom stereocenters. The first kappa shape index (κ1) is 16.4. The van der Waals surface area contributed by atoms with E-state index in [9.17, 15) is 4.21 Å². The van der Waals surface area contributed by atoms with Crippen molar-refractivity contribution in [2.45, 2.75) is 4.90 Å². The minimum Gasteiger partial charge on any atom is -0.354 e. The molecule has 1 aromatic carbocycles. The van der Waals surface area contributed by atoms with Gasteiger partial charge in [-0.1, -0.05) is 35.9 Å². The molecule has 122 valence electrons. The summed E-state index contributed by atoms with van der Waals surface area (Å²) in [5.74, 6) is 1.62. The van der Waals surface area contributed by atoms with Crippen molar-refractivity contribution in [1.29, 1.82) is 0 Å². The summed E-state index contributed by atoms with van der Waals surface area (Å²) in [5.41, 5.74) is 0. The van der Waals surface area contributed by atoms with Gasteiger partial charge in [-0.05, 0) is 24.3 Å². The molecular formula is C17H20ClN3OS. The van der Waals surface area contributed by atoms with Crippen LogP contribution in [0.4, 0.5) is 5.82 Å². The molecule has 0 amide bonds. The SMILES string of the molecule is O=[S@@](CCN1CCN(c2cccc(Cl)n2)CC1)c1ccccc1. The predicted molar refractivity (Wildman–Crippen MR) is 95.6 cm³/mol. The largest absolute Gasteiger partial charge is 0.354 e. The number of anilines is 1. The average Bonchev–Trinajstić information content (AvgIpc) is 2.61. The Morgan fingerprint density at radius 2 is 1.74 bits per heavy atom. The van der Waals surface area contributed by atoms with Gasteiger partial charge in [0, 0.05) is 43.4 Å². The van der Waals surface area contributed by atoms with Crippen LogP contribution < -0.4 is 4.90 Å². The molecule has 1 saturated heterocycles. The fourth-order valence-corrected chi connectivity index (χ4v) is 3.96. The van der Waals surface area contributed by atoms with Crippen LogP contribution in [0.3, 0.4) is 0 Å². The van der Waals surface area contributed by atoms with Crippen LogP contribution in [0, 0.1) is 0 Å². The zero-order valence-corrected chi connectivity index (χ0v) is 14.5. The summed E-state index contributed by atoms with van der Waals surface area (Å²) >= 11 is 5.95. The molecule has 2 aromatic rings. The van der Waals surface area contributed by atoms with Crippen LogP contribution in [-0.4, -0.2) is 52.6 Å². The van der Waals surface area contributed by atoms with E-state index in [2.05, 4.69) is 14.8 Å². The van der Waals surface area contributed by atoms with Crippen LogP contribution in [0.5, 0.6) is 0 Å². The summed E-state index contributed by atoms with van der Waals surface area (Å²) in [6.07, 6.45) is 0. The summed E-state index contributed by atoms with van der Waals surface area (Å²) in [5, 5.41) is 0.531. The van der Waals surface area contributed by atoms with Gasteiger partial charge in [0.15, 0.2) is 0 Å². The van der Waals surface area contributed by atoms with Crippen molar-refractivity contribution in [3.63, 3.8) is 0 Å². The van der Waals surface area contributed by atoms with Crippen molar-refractivity contribution in [3.8, 4) is 0 Å². The highest BCUT2D eigenvalue weighted by molar-refractivity contribution is 7.85. The van der Waals surface area contributed by atoms with Crippen molar-refractivity contribution >= 4 is 28.2 Å². The molecular weight excluding hydrogens is 330 g/mol. The van der Waals surface area contributed by atoms with Gasteiger partial charge in [-0.15, -0.1) is 0 Å². The smallest absolute Gasteiger partial charge is 0.131 e. The Morgan fingerprint density at radius 1 is 1.00 bits per heavy atom. The lowest BCUT2D eigenvalue weighted by atomic mass is 10.3. The number of halogens is 1. The lowest BCUT2D eigenvalue weighted by Gasteiger charge is -2.35. The van der Waals surface area contributed by atoms with E-state index < -0.39 is 10.8 Å². The Morgan fingerprint density at radius 3 is 2.43 bits per heavy atom. The summed E-state index contributed by atoms with van der Waals surface area (Å²) in [7, 11) is -0.918. The van der Waals surface area contributed by atoms with Crippen LogP contribution in [0.15, 0.2) is 53.4 Å². The minimum absolute atomic E-state index is 0.531. The normalized spacial score (nSPS) is 17.2. The van der Waals surface area contributed by atoms with E-state index in [1.807, 2.05) is 42.5 Å². The van der Waals surface area contributed by atoms with Crippen LogP contribution in [0.25, 0.3) is 0 Å². The number of aromatic nitrogens is 1. The zero-order chi connectivity index (χ0) is 16.1. The number of piperazine rings is 1. The van der Waals surface area contributed by atoms with Crippen molar-refractivity contribution in [3.05, 3.63) is 53.7 Å². The summed E-state index contributed by atoms with van der Waals surface area (Å²) < 4.78 is 12.3. The van der Waals surface area contributed by atoms with Crippen LogP contribution >= 0.6 is 11.6 Å². The van der Waals surface area contributed by atoms with E-state index in [1.54, 1.807) is 6.07 Å². The maximum atomic E-state index is 12.3. The molecule has 0 unspecified atom stereocenters. The maximum absolute atomic E-state index is 12.3. The Balaban J connectivity index is 1.47. The molecule has 1 fully saturated rings. The van der Waals surface area contributed by atoms with E-state index in [1.165, 1.54) is 0 Å². The second-order valence-corrected chi connectivity index (χ2v) is 7.47. The summed E-state index contributed by atoms with van der Waals surface area (Å²) in [6.45, 7) is 4.62. The second-order valence-electron chi connectivity index (χ2n) is 5.51. The van der Waals surface area contributed by atoms with Gasteiger partial charge < -0.3 is 4.90 Å². The van der Waals surface area contributed by atoms with Crippen molar-refractivity contribution in [1.82, 2.24) is 9.88 Å². The molecule has 23 heavy (non-hydrogen) atoms. The number of pyridine rings is 1. The molecule has 0 aliphatic carbocycles. The molecule has 6 heteroatoms. The lowest BCUT2D eigenvalue weighted by molar-refractivity contribution is 0.272. The Kier molecular flexibility index (Phi) is 5.65. The third kappa shape index (κ3) is 4.53. The molecule has 1 aromatic heterocycles. The number of rotatable bonds is 5. The van der Waals surface area contributed by atoms with Crippen LogP contribution in [0.2, 0.25) is 5.15 Å². The van der Waals surface area contributed by atoms with Crippen molar-refractivity contribution in [2.75, 3.05) is 43.4 Å². The highest BCUT2D eigenvalue weighted by Gasteiger charge is 2.18. The molecule has 1 aliphatic heterocycles. The topological polar surface area (TPSA) is 36.4 Å². The van der Waals surface area contributed by atoms with Crippen LogP contribution in [0.1, 0.15) is 0 Å². The monoisotopic (exact) mass is 349 g/mol. The highest BCUT2D eigenvalue weighted by Crippen LogP contribution is 2.16. The van der Waals surface area contributed by atoms with Gasteiger partial charge in [-0.3, -0.25) is 9.11 Å². The molecule has 0 radical (unpaired) electrons. The molecule has 0 N–H and O–H groups in total. The summed E-state index contributed by atoms with van der Waals surface area (Å²) in [6, 6.07) is 15.4. The van der Waals surface area contributed by atoms with Gasteiger partial charge in [-0.25, -0.2) is 4.98 Å². The standard InChI is InChI=1S/C17H20ClN3OS/c18-16-7-4-8-17(19-16)21-11-9-20(10-12-21)13-14-23(22)15-5-2-1-3-6-15/h1-8H,9-14H2/t23-/m0/s1. The number of hydrogen-bond donors (Lipinski definition) is 0.